The van der Waals surface area contributed by atoms with Gasteiger partial charge in [-0.15, -0.1) is 0 Å². The van der Waals surface area contributed by atoms with Gasteiger partial charge in [0.2, 0.25) is 5.91 Å². The molecule has 1 aromatic heterocycles. The Balaban J connectivity index is 2.12. The predicted molar refractivity (Wildman–Crippen MR) is 62.2 cm³/mol. The number of rotatable bonds is 1. The summed E-state index contributed by atoms with van der Waals surface area (Å²) in [6.45, 7) is 3.11. The van der Waals surface area contributed by atoms with Crippen molar-refractivity contribution in [3.63, 3.8) is 0 Å². The lowest BCUT2D eigenvalue weighted by Gasteiger charge is -2.32. The van der Waals surface area contributed by atoms with Crippen LogP contribution in [0.15, 0.2) is 18.3 Å². The zero-order valence-electron chi connectivity index (χ0n) is 10.4. The number of nitrogens with zero attached hydrogens (tertiary/aromatic N) is 2. The molecule has 1 aromatic rings. The van der Waals surface area contributed by atoms with Crippen LogP contribution in [0.4, 0.5) is 13.2 Å². The lowest BCUT2D eigenvalue weighted by atomic mass is 10.1. The van der Waals surface area contributed by atoms with Gasteiger partial charge >= 0.3 is 6.18 Å². The molecule has 0 saturated carbocycles. The van der Waals surface area contributed by atoms with Crippen LogP contribution < -0.4 is 5.32 Å². The molecule has 4 nitrogen and oxygen atoms in total. The third kappa shape index (κ3) is 3.23. The molecular weight excluding hydrogens is 259 g/mol. The summed E-state index contributed by atoms with van der Waals surface area (Å²) in [7, 11) is 0. The second-order valence-electron chi connectivity index (χ2n) is 4.44. The molecule has 1 atom stereocenters. The number of pyridine rings is 1. The summed E-state index contributed by atoms with van der Waals surface area (Å²) in [5.74, 6) is -0.0431. The third-order valence-corrected chi connectivity index (χ3v) is 3.09. The van der Waals surface area contributed by atoms with E-state index in [1.54, 1.807) is 4.90 Å². The minimum Gasteiger partial charge on any atom is -0.340 e. The molecule has 1 N–H and O–H groups in total. The summed E-state index contributed by atoms with van der Waals surface area (Å²) in [4.78, 5) is 16.8. The first-order valence-electron chi connectivity index (χ1n) is 5.90. The number of halogens is 3. The van der Waals surface area contributed by atoms with Gasteiger partial charge in [-0.2, -0.15) is 13.2 Å². The van der Waals surface area contributed by atoms with Gasteiger partial charge in [-0.3, -0.25) is 9.78 Å². The van der Waals surface area contributed by atoms with Crippen molar-refractivity contribution in [2.75, 3.05) is 19.6 Å². The maximum atomic E-state index is 12.4. The van der Waals surface area contributed by atoms with Crippen LogP contribution in [-0.2, 0) is 11.0 Å². The number of carbonyl (C=O) groups is 1. The highest BCUT2D eigenvalue weighted by Gasteiger charge is 2.31. The molecule has 0 radical (unpaired) electrons. The number of hydrogen-bond acceptors (Lipinski definition) is 3. The summed E-state index contributed by atoms with van der Waals surface area (Å²) < 4.78 is 37.3. The minimum atomic E-state index is -4.38. The van der Waals surface area contributed by atoms with Gasteiger partial charge in [0.05, 0.1) is 17.3 Å². The van der Waals surface area contributed by atoms with Gasteiger partial charge in [0.15, 0.2) is 0 Å². The van der Waals surface area contributed by atoms with Crippen LogP contribution in [0.5, 0.6) is 0 Å². The largest absolute Gasteiger partial charge is 0.417 e. The zero-order valence-corrected chi connectivity index (χ0v) is 10.4. The van der Waals surface area contributed by atoms with Crippen LogP contribution in [0.1, 0.15) is 24.2 Å². The fourth-order valence-electron chi connectivity index (χ4n) is 2.01. The summed E-state index contributed by atoms with van der Waals surface area (Å²) in [6.07, 6.45) is -3.55. The molecule has 1 aliphatic heterocycles. The van der Waals surface area contributed by atoms with E-state index in [-0.39, 0.29) is 11.9 Å². The van der Waals surface area contributed by atoms with Crippen molar-refractivity contribution in [1.29, 1.82) is 0 Å². The normalized spacial score (nSPS) is 20.4. The number of alkyl halides is 3. The lowest BCUT2D eigenvalue weighted by Crippen LogP contribution is -2.47. The molecule has 0 aliphatic carbocycles. The molecule has 1 saturated heterocycles. The highest BCUT2D eigenvalue weighted by Crippen LogP contribution is 2.29. The fourth-order valence-corrected chi connectivity index (χ4v) is 2.01. The van der Waals surface area contributed by atoms with Gasteiger partial charge < -0.3 is 10.2 Å². The Morgan fingerprint density at radius 1 is 1.47 bits per heavy atom. The second-order valence-corrected chi connectivity index (χ2v) is 4.44. The molecule has 1 aliphatic rings. The Kier molecular flexibility index (Phi) is 3.75. The van der Waals surface area contributed by atoms with Crippen molar-refractivity contribution in [2.24, 2.45) is 0 Å². The average molecular weight is 273 g/mol. The van der Waals surface area contributed by atoms with E-state index in [4.69, 9.17) is 0 Å². The maximum absolute atomic E-state index is 12.4. The highest BCUT2D eigenvalue weighted by molar-refractivity contribution is 5.73. The zero-order chi connectivity index (χ0) is 14.0. The van der Waals surface area contributed by atoms with Crippen LogP contribution in [0.2, 0.25) is 0 Å². The Hall–Kier alpha value is -1.63. The number of carbonyl (C=O) groups excluding carboxylic acids is 1. The third-order valence-electron chi connectivity index (χ3n) is 3.09. The molecule has 1 fully saturated rings. The molecule has 0 bridgehead atoms. The summed E-state index contributed by atoms with van der Waals surface area (Å²) in [5.41, 5.74) is -0.255. The van der Waals surface area contributed by atoms with E-state index in [0.717, 1.165) is 12.3 Å². The van der Waals surface area contributed by atoms with Gasteiger partial charge in [-0.1, -0.05) is 0 Å². The van der Waals surface area contributed by atoms with Gasteiger partial charge in [0.1, 0.15) is 0 Å². The Morgan fingerprint density at radius 3 is 2.74 bits per heavy atom. The van der Waals surface area contributed by atoms with E-state index in [9.17, 15) is 18.0 Å². The molecule has 1 amide bonds. The van der Waals surface area contributed by atoms with Crippen molar-refractivity contribution in [1.82, 2.24) is 15.2 Å². The maximum Gasteiger partial charge on any atom is 0.417 e. The van der Waals surface area contributed by atoms with E-state index in [0.29, 0.717) is 25.3 Å². The molecule has 2 heterocycles. The Bertz CT molecular complexity index is 458. The van der Waals surface area contributed by atoms with Crippen molar-refractivity contribution < 1.29 is 18.0 Å². The molecule has 19 heavy (non-hydrogen) atoms. The van der Waals surface area contributed by atoms with Crippen molar-refractivity contribution in [3.8, 4) is 0 Å². The van der Waals surface area contributed by atoms with E-state index in [2.05, 4.69) is 10.3 Å². The first-order valence-corrected chi connectivity index (χ1v) is 5.90. The predicted octanol–water partition coefficient (Wildman–Crippen LogP) is 1.59. The molecular formula is C12H14F3N3O. The standard InChI is InChI=1S/C12H14F3N3O/c1-8(19)18-5-4-16-11(7-18)10-3-2-9(6-17-10)12(13,14)15/h2-3,6,11,16H,4-5,7H2,1H3. The smallest absolute Gasteiger partial charge is 0.340 e. The van der Waals surface area contributed by atoms with Crippen LogP contribution >= 0.6 is 0 Å². The van der Waals surface area contributed by atoms with E-state index in [1.807, 2.05) is 0 Å². The van der Waals surface area contributed by atoms with Crippen molar-refractivity contribution in [3.05, 3.63) is 29.6 Å². The lowest BCUT2D eigenvalue weighted by molar-refractivity contribution is -0.137. The molecule has 2 rings (SSSR count). The quantitative estimate of drug-likeness (QED) is 0.845. The Morgan fingerprint density at radius 2 is 2.21 bits per heavy atom. The summed E-state index contributed by atoms with van der Waals surface area (Å²) in [6, 6.07) is 2.14. The molecule has 0 aromatic carbocycles. The minimum absolute atomic E-state index is 0.0431. The van der Waals surface area contributed by atoms with Crippen LogP contribution in [-0.4, -0.2) is 35.4 Å². The first kappa shape index (κ1) is 13.8. The summed E-state index contributed by atoms with van der Waals surface area (Å²) >= 11 is 0. The molecule has 0 spiro atoms. The van der Waals surface area contributed by atoms with Crippen molar-refractivity contribution in [2.45, 2.75) is 19.1 Å². The number of aromatic nitrogens is 1. The number of piperazine rings is 1. The van der Waals surface area contributed by atoms with Gasteiger partial charge in [-0.05, 0) is 12.1 Å². The van der Waals surface area contributed by atoms with Gasteiger partial charge in [0, 0.05) is 32.8 Å². The van der Waals surface area contributed by atoms with Crippen LogP contribution in [0.25, 0.3) is 0 Å². The van der Waals surface area contributed by atoms with Gasteiger partial charge in [0.25, 0.3) is 0 Å². The monoisotopic (exact) mass is 273 g/mol. The van der Waals surface area contributed by atoms with Crippen LogP contribution in [0, 0.1) is 0 Å². The fraction of sp³-hybridized carbons (Fsp3) is 0.500. The molecule has 104 valence electrons. The summed E-state index contributed by atoms with van der Waals surface area (Å²) in [5, 5.41) is 3.14. The molecule has 1 unspecified atom stereocenters. The Labute approximate surface area is 108 Å². The first-order chi connectivity index (χ1) is 8.88. The SMILES string of the molecule is CC(=O)N1CCNC(c2ccc(C(F)(F)F)cn2)C1. The number of amides is 1. The second kappa shape index (κ2) is 5.16. The number of nitrogens with one attached hydrogen (secondary N) is 1. The van der Waals surface area contributed by atoms with Crippen LogP contribution in [0.3, 0.4) is 0 Å². The van der Waals surface area contributed by atoms with Gasteiger partial charge in [-0.25, -0.2) is 0 Å². The average Bonchev–Trinajstić information content (AvgIpc) is 2.38. The highest BCUT2D eigenvalue weighted by atomic mass is 19.4. The molecule has 7 heteroatoms. The van der Waals surface area contributed by atoms with E-state index < -0.39 is 11.7 Å². The van der Waals surface area contributed by atoms with Crippen molar-refractivity contribution >= 4 is 5.91 Å². The van der Waals surface area contributed by atoms with E-state index in [1.165, 1.54) is 13.0 Å². The number of hydrogen-bond donors (Lipinski definition) is 1. The van der Waals surface area contributed by atoms with E-state index >= 15 is 0 Å². The topological polar surface area (TPSA) is 45.2 Å².